The molecule has 82 valence electrons. The van der Waals surface area contributed by atoms with Gasteiger partial charge in [0.25, 0.3) is 0 Å². The highest BCUT2D eigenvalue weighted by Gasteiger charge is 2.04. The Bertz CT molecular complexity index is 350. The number of methoxy groups -OCH3 is 1. The maximum absolute atomic E-state index is 11.0. The Labute approximate surface area is 89.4 Å². The van der Waals surface area contributed by atoms with Gasteiger partial charge in [0.1, 0.15) is 5.75 Å². The smallest absolute Gasteiger partial charge is 0.234 e. The normalized spacial score (nSPS) is 9.80. The van der Waals surface area contributed by atoms with Crippen molar-refractivity contribution in [2.24, 2.45) is 5.73 Å². The molecule has 1 aromatic carbocycles. The van der Waals surface area contributed by atoms with E-state index in [1.54, 1.807) is 7.11 Å². The molecule has 1 rings (SSSR count). The van der Waals surface area contributed by atoms with Gasteiger partial charge in [-0.2, -0.15) is 0 Å². The molecular formula is C11H16N2O2. The van der Waals surface area contributed by atoms with Crippen LogP contribution < -0.4 is 15.8 Å². The van der Waals surface area contributed by atoms with Crippen LogP contribution in [0.2, 0.25) is 0 Å². The molecule has 0 spiro atoms. The highest BCUT2D eigenvalue weighted by atomic mass is 16.5. The molecule has 4 nitrogen and oxygen atoms in total. The minimum atomic E-state index is -0.169. The first-order valence-electron chi connectivity index (χ1n) is 4.77. The first-order chi connectivity index (χ1) is 7.17. The topological polar surface area (TPSA) is 64.3 Å². The third kappa shape index (κ3) is 3.25. The van der Waals surface area contributed by atoms with E-state index in [4.69, 9.17) is 10.5 Å². The maximum Gasteiger partial charge on any atom is 0.234 e. The number of rotatable bonds is 4. The average Bonchev–Trinajstić information content (AvgIpc) is 2.26. The number of aryl methyl sites for hydroxylation is 1. The first kappa shape index (κ1) is 11.5. The van der Waals surface area contributed by atoms with Gasteiger partial charge in [0, 0.05) is 12.1 Å². The van der Waals surface area contributed by atoms with Gasteiger partial charge >= 0.3 is 0 Å². The minimum Gasteiger partial charge on any atom is -0.496 e. The molecule has 1 aromatic rings. The van der Waals surface area contributed by atoms with Crippen molar-refractivity contribution >= 4 is 5.91 Å². The summed E-state index contributed by atoms with van der Waals surface area (Å²) in [6, 6.07) is 5.85. The molecular weight excluding hydrogens is 192 g/mol. The zero-order valence-corrected chi connectivity index (χ0v) is 9.04. The van der Waals surface area contributed by atoms with E-state index in [1.165, 1.54) is 0 Å². The largest absolute Gasteiger partial charge is 0.496 e. The predicted molar refractivity (Wildman–Crippen MR) is 58.6 cm³/mol. The van der Waals surface area contributed by atoms with Crippen LogP contribution in [-0.2, 0) is 11.3 Å². The molecule has 0 fully saturated rings. The molecule has 0 saturated heterocycles. The van der Waals surface area contributed by atoms with Crippen molar-refractivity contribution in [3.8, 4) is 5.75 Å². The molecule has 0 saturated carbocycles. The predicted octanol–water partition coefficient (Wildman–Crippen LogP) is 0.579. The molecule has 3 N–H and O–H groups in total. The Morgan fingerprint density at radius 1 is 1.53 bits per heavy atom. The summed E-state index contributed by atoms with van der Waals surface area (Å²) < 4.78 is 5.21. The van der Waals surface area contributed by atoms with Crippen LogP contribution in [0.5, 0.6) is 5.75 Å². The van der Waals surface area contributed by atoms with Gasteiger partial charge in [0.15, 0.2) is 0 Å². The molecule has 4 heteroatoms. The van der Waals surface area contributed by atoms with Gasteiger partial charge in [0.2, 0.25) is 5.91 Å². The van der Waals surface area contributed by atoms with E-state index in [0.717, 1.165) is 16.9 Å². The van der Waals surface area contributed by atoms with Crippen LogP contribution in [0.4, 0.5) is 0 Å². The zero-order valence-electron chi connectivity index (χ0n) is 9.04. The third-order valence-corrected chi connectivity index (χ3v) is 2.10. The van der Waals surface area contributed by atoms with Crippen LogP contribution in [-0.4, -0.2) is 19.6 Å². The van der Waals surface area contributed by atoms with Crippen LogP contribution in [0.3, 0.4) is 0 Å². The van der Waals surface area contributed by atoms with Crippen molar-refractivity contribution in [2.45, 2.75) is 13.5 Å². The molecule has 1 amide bonds. The quantitative estimate of drug-likeness (QED) is 0.760. The Balaban J connectivity index is 2.72. The molecule has 0 radical (unpaired) electrons. The molecule has 0 aliphatic rings. The Morgan fingerprint density at radius 3 is 2.87 bits per heavy atom. The van der Waals surface area contributed by atoms with E-state index in [1.807, 2.05) is 25.1 Å². The average molecular weight is 208 g/mol. The fraction of sp³-hybridized carbons (Fsp3) is 0.364. The Morgan fingerprint density at radius 2 is 2.27 bits per heavy atom. The number of nitrogens with one attached hydrogen (secondary N) is 1. The Kier molecular flexibility index (Phi) is 4.12. The number of nitrogens with two attached hydrogens (primary N) is 1. The lowest BCUT2D eigenvalue weighted by atomic mass is 10.1. The van der Waals surface area contributed by atoms with E-state index in [9.17, 15) is 4.79 Å². The van der Waals surface area contributed by atoms with Gasteiger partial charge in [-0.05, 0) is 18.6 Å². The monoisotopic (exact) mass is 208 g/mol. The van der Waals surface area contributed by atoms with Crippen molar-refractivity contribution in [3.05, 3.63) is 29.3 Å². The summed E-state index contributed by atoms with van der Waals surface area (Å²) in [6.45, 7) is 2.44. The van der Waals surface area contributed by atoms with Crippen molar-refractivity contribution in [3.63, 3.8) is 0 Å². The Hall–Kier alpha value is -1.55. The van der Waals surface area contributed by atoms with Crippen LogP contribution in [0.15, 0.2) is 18.2 Å². The number of benzene rings is 1. The fourth-order valence-electron chi connectivity index (χ4n) is 1.26. The summed E-state index contributed by atoms with van der Waals surface area (Å²) in [7, 11) is 1.61. The molecule has 0 aliphatic carbocycles. The molecule has 0 heterocycles. The lowest BCUT2D eigenvalue weighted by Gasteiger charge is -2.09. The van der Waals surface area contributed by atoms with Crippen LogP contribution in [0, 0.1) is 6.92 Å². The van der Waals surface area contributed by atoms with E-state index in [0.29, 0.717) is 6.54 Å². The van der Waals surface area contributed by atoms with Gasteiger partial charge in [0.05, 0.1) is 13.7 Å². The van der Waals surface area contributed by atoms with Gasteiger partial charge in [-0.1, -0.05) is 12.1 Å². The number of carbonyl (C=O) groups excluding carboxylic acids is 1. The lowest BCUT2D eigenvalue weighted by molar-refractivity contribution is -0.119. The van der Waals surface area contributed by atoms with Crippen molar-refractivity contribution in [1.29, 1.82) is 0 Å². The highest BCUT2D eigenvalue weighted by molar-refractivity contribution is 5.77. The lowest BCUT2D eigenvalue weighted by Crippen LogP contribution is -2.29. The molecule has 0 bridgehead atoms. The van der Waals surface area contributed by atoms with Gasteiger partial charge in [-0.3, -0.25) is 4.79 Å². The molecule has 15 heavy (non-hydrogen) atoms. The molecule has 0 aromatic heterocycles. The SMILES string of the molecule is COc1cc(C)ccc1CNC(=O)CN. The van der Waals surface area contributed by atoms with E-state index >= 15 is 0 Å². The van der Waals surface area contributed by atoms with Crippen molar-refractivity contribution in [1.82, 2.24) is 5.32 Å². The third-order valence-electron chi connectivity index (χ3n) is 2.10. The first-order valence-corrected chi connectivity index (χ1v) is 4.77. The number of hydrogen-bond acceptors (Lipinski definition) is 3. The molecule has 0 aliphatic heterocycles. The number of hydrogen-bond donors (Lipinski definition) is 2. The van der Waals surface area contributed by atoms with Gasteiger partial charge < -0.3 is 15.8 Å². The summed E-state index contributed by atoms with van der Waals surface area (Å²) >= 11 is 0. The van der Waals surface area contributed by atoms with Crippen LogP contribution >= 0.6 is 0 Å². The van der Waals surface area contributed by atoms with E-state index < -0.39 is 0 Å². The minimum absolute atomic E-state index is 0.00811. The summed E-state index contributed by atoms with van der Waals surface area (Å²) in [5, 5.41) is 2.70. The van der Waals surface area contributed by atoms with E-state index in [-0.39, 0.29) is 12.5 Å². The molecule has 0 unspecified atom stereocenters. The van der Waals surface area contributed by atoms with E-state index in [2.05, 4.69) is 5.32 Å². The number of carbonyl (C=O) groups is 1. The second-order valence-corrected chi connectivity index (χ2v) is 3.30. The molecule has 0 atom stereocenters. The van der Waals surface area contributed by atoms with Gasteiger partial charge in [-0.15, -0.1) is 0 Å². The standard InChI is InChI=1S/C11H16N2O2/c1-8-3-4-9(10(5-8)15-2)7-13-11(14)6-12/h3-5H,6-7,12H2,1-2H3,(H,13,14). The second kappa shape index (κ2) is 5.36. The summed E-state index contributed by atoms with van der Waals surface area (Å²) in [5.74, 6) is 0.616. The summed E-state index contributed by atoms with van der Waals surface area (Å²) in [6.07, 6.45) is 0. The van der Waals surface area contributed by atoms with Crippen molar-refractivity contribution < 1.29 is 9.53 Å². The zero-order chi connectivity index (χ0) is 11.3. The highest BCUT2D eigenvalue weighted by Crippen LogP contribution is 2.19. The fourth-order valence-corrected chi connectivity index (χ4v) is 1.26. The van der Waals surface area contributed by atoms with Crippen LogP contribution in [0.1, 0.15) is 11.1 Å². The number of ether oxygens (including phenoxy) is 1. The maximum atomic E-state index is 11.0. The van der Waals surface area contributed by atoms with Crippen LogP contribution in [0.25, 0.3) is 0 Å². The van der Waals surface area contributed by atoms with Crippen molar-refractivity contribution in [2.75, 3.05) is 13.7 Å². The second-order valence-electron chi connectivity index (χ2n) is 3.30. The summed E-state index contributed by atoms with van der Waals surface area (Å²) in [4.78, 5) is 11.0. The number of amides is 1. The van der Waals surface area contributed by atoms with Gasteiger partial charge in [-0.25, -0.2) is 0 Å². The summed E-state index contributed by atoms with van der Waals surface area (Å²) in [5.41, 5.74) is 7.26.